The van der Waals surface area contributed by atoms with Crippen molar-refractivity contribution in [2.75, 3.05) is 0 Å². The van der Waals surface area contributed by atoms with Crippen molar-refractivity contribution in [3.8, 4) is 0 Å². The van der Waals surface area contributed by atoms with Gasteiger partial charge in [-0.1, -0.05) is 58.8 Å². The number of aliphatic hydroxyl groups is 2. The lowest BCUT2D eigenvalue weighted by Crippen LogP contribution is -2.57. The number of carbonyl (C=O) groups is 1. The first-order valence-electron chi connectivity index (χ1n) is 13.5. The monoisotopic (exact) mass is 456 g/mol. The Morgan fingerprint density at radius 3 is 2.39 bits per heavy atom. The maximum Gasteiger partial charge on any atom is 0.159 e. The van der Waals surface area contributed by atoms with Crippen LogP contribution in [0.5, 0.6) is 0 Å². The molecule has 0 aromatic rings. The smallest absolute Gasteiger partial charge is 0.159 e. The van der Waals surface area contributed by atoms with Gasteiger partial charge in [0.25, 0.3) is 0 Å². The van der Waals surface area contributed by atoms with Gasteiger partial charge in [-0.05, 0) is 98.2 Å². The van der Waals surface area contributed by atoms with Gasteiger partial charge >= 0.3 is 0 Å². The van der Waals surface area contributed by atoms with Gasteiger partial charge in [0.05, 0.1) is 12.2 Å². The Hall–Kier alpha value is -0.930. The number of carbonyl (C=O) groups excluding carboxylic acids is 1. The van der Waals surface area contributed by atoms with Crippen molar-refractivity contribution >= 4 is 5.78 Å². The summed E-state index contributed by atoms with van der Waals surface area (Å²) in [5.41, 5.74) is 3.50. The Morgan fingerprint density at radius 2 is 1.76 bits per heavy atom. The van der Waals surface area contributed by atoms with Gasteiger partial charge in [-0.15, -0.1) is 0 Å². The van der Waals surface area contributed by atoms with Gasteiger partial charge < -0.3 is 10.2 Å². The van der Waals surface area contributed by atoms with Gasteiger partial charge in [0.2, 0.25) is 0 Å². The fourth-order valence-electron chi connectivity index (χ4n) is 9.21. The first-order chi connectivity index (χ1) is 15.2. The fourth-order valence-corrected chi connectivity index (χ4v) is 9.21. The van der Waals surface area contributed by atoms with Crippen molar-refractivity contribution in [2.24, 2.45) is 39.4 Å². The van der Waals surface area contributed by atoms with Crippen molar-refractivity contribution in [1.82, 2.24) is 0 Å². The average molecular weight is 457 g/mol. The van der Waals surface area contributed by atoms with Crippen molar-refractivity contribution < 1.29 is 15.0 Å². The Labute approximate surface area is 202 Å². The van der Waals surface area contributed by atoms with Crippen LogP contribution in [0.15, 0.2) is 22.8 Å². The van der Waals surface area contributed by atoms with E-state index in [1.165, 1.54) is 11.1 Å². The highest BCUT2D eigenvalue weighted by Gasteiger charge is 2.65. The van der Waals surface area contributed by atoms with Crippen molar-refractivity contribution in [3.05, 3.63) is 22.8 Å². The molecule has 0 saturated heterocycles. The van der Waals surface area contributed by atoms with Crippen LogP contribution >= 0.6 is 0 Å². The summed E-state index contributed by atoms with van der Waals surface area (Å²) in [6.07, 6.45) is 8.79. The van der Waals surface area contributed by atoms with Gasteiger partial charge in [0.15, 0.2) is 5.78 Å². The molecule has 0 aromatic heterocycles. The molecule has 8 atom stereocenters. The summed E-state index contributed by atoms with van der Waals surface area (Å²) in [5.74, 6) is 1.25. The molecule has 3 nitrogen and oxygen atoms in total. The van der Waals surface area contributed by atoms with E-state index in [0.29, 0.717) is 30.5 Å². The van der Waals surface area contributed by atoms with Crippen LogP contribution in [0.3, 0.4) is 0 Å². The van der Waals surface area contributed by atoms with Crippen molar-refractivity contribution in [2.45, 2.75) is 119 Å². The molecule has 4 rings (SSSR count). The van der Waals surface area contributed by atoms with Crippen molar-refractivity contribution in [1.29, 1.82) is 0 Å². The van der Waals surface area contributed by atoms with Crippen LogP contribution in [0.1, 0.15) is 107 Å². The van der Waals surface area contributed by atoms with Crippen molar-refractivity contribution in [3.63, 3.8) is 0 Å². The highest BCUT2D eigenvalue weighted by Crippen LogP contribution is 2.71. The molecule has 0 aliphatic heterocycles. The predicted octanol–water partition coefficient (Wildman–Crippen LogP) is 6.63. The molecular weight excluding hydrogens is 408 g/mol. The van der Waals surface area contributed by atoms with E-state index in [4.69, 9.17) is 0 Å². The molecule has 1 unspecified atom stereocenters. The number of hydrogen-bond donors (Lipinski definition) is 2. The highest BCUT2D eigenvalue weighted by atomic mass is 16.3. The summed E-state index contributed by atoms with van der Waals surface area (Å²) in [6.45, 7) is 17.9. The van der Waals surface area contributed by atoms with Gasteiger partial charge in [-0.2, -0.15) is 0 Å². The van der Waals surface area contributed by atoms with Crippen LogP contribution in [0.2, 0.25) is 0 Å². The predicted molar refractivity (Wildman–Crippen MR) is 135 cm³/mol. The second kappa shape index (κ2) is 8.05. The summed E-state index contributed by atoms with van der Waals surface area (Å²) in [4.78, 5) is 14.0. The van der Waals surface area contributed by atoms with Gasteiger partial charge in [0, 0.05) is 12.0 Å². The van der Waals surface area contributed by atoms with E-state index in [9.17, 15) is 15.0 Å². The molecule has 33 heavy (non-hydrogen) atoms. The summed E-state index contributed by atoms with van der Waals surface area (Å²) in [6, 6.07) is 0. The topological polar surface area (TPSA) is 57.5 Å². The van der Waals surface area contributed by atoms with E-state index in [-0.39, 0.29) is 39.8 Å². The number of hydrogen-bond acceptors (Lipinski definition) is 3. The Kier molecular flexibility index (Phi) is 6.14. The number of ketones is 1. The zero-order chi connectivity index (χ0) is 24.6. The number of rotatable bonds is 4. The number of allylic oxidation sites excluding steroid dienone is 3. The molecule has 0 radical (unpaired) electrons. The average Bonchev–Trinajstić information content (AvgIpc) is 2.99. The lowest BCUT2D eigenvalue weighted by Gasteiger charge is -2.61. The molecule has 3 heteroatoms. The number of aliphatic hydroxyl groups excluding tert-OH is 2. The molecule has 0 amide bonds. The first kappa shape index (κ1) is 25.2. The first-order valence-corrected chi connectivity index (χ1v) is 13.5. The Balaban J connectivity index is 1.73. The molecule has 0 aromatic carbocycles. The van der Waals surface area contributed by atoms with E-state index in [1.54, 1.807) is 0 Å². The van der Waals surface area contributed by atoms with Crippen LogP contribution < -0.4 is 0 Å². The van der Waals surface area contributed by atoms with E-state index in [1.807, 2.05) is 0 Å². The number of fused-ring (bicyclic) bond motifs is 4. The molecule has 2 N–H and O–H groups in total. The fraction of sp³-hybridized carbons (Fsp3) is 0.833. The van der Waals surface area contributed by atoms with E-state index < -0.39 is 0 Å². The SMILES string of the molecule is CC(C)=CC[C@@H](O)[C@@H](C)[C@H]1CC[C@@]2(C)C3=C(C(=O)C[C@]12C)[C@@]1(C)CC[C@H](O)C(C)(C)C1CC3. The molecule has 0 spiro atoms. The minimum Gasteiger partial charge on any atom is -0.393 e. The standard InChI is InChI=1S/C30H48O3/c1-18(2)9-11-22(31)19(3)20-13-16-29(7)21-10-12-24-27(4,5)25(33)14-15-28(24,6)26(21)23(32)17-30(20,29)8/h9,19-20,22,24-25,31,33H,10-17H2,1-8H3/t19-,20+,22+,24?,25-,28-,29-,30+/m0/s1. The zero-order valence-electron chi connectivity index (χ0n) is 22.4. The second-order valence-corrected chi connectivity index (χ2v) is 13.7. The van der Waals surface area contributed by atoms with E-state index in [2.05, 4.69) is 61.5 Å². The zero-order valence-corrected chi connectivity index (χ0v) is 22.4. The molecule has 4 aliphatic carbocycles. The minimum atomic E-state index is -0.358. The summed E-state index contributed by atoms with van der Waals surface area (Å²) >= 11 is 0. The van der Waals surface area contributed by atoms with Crippen LogP contribution in [0.4, 0.5) is 0 Å². The van der Waals surface area contributed by atoms with E-state index >= 15 is 0 Å². The van der Waals surface area contributed by atoms with Gasteiger partial charge in [0.1, 0.15) is 0 Å². The van der Waals surface area contributed by atoms with Crippen LogP contribution in [0.25, 0.3) is 0 Å². The van der Waals surface area contributed by atoms with Gasteiger partial charge in [-0.3, -0.25) is 4.79 Å². The lowest BCUT2D eigenvalue weighted by atomic mass is 9.43. The highest BCUT2D eigenvalue weighted by molar-refractivity contribution is 5.99. The summed E-state index contributed by atoms with van der Waals surface area (Å²) in [7, 11) is 0. The second-order valence-electron chi connectivity index (χ2n) is 13.7. The Bertz CT molecular complexity index is 877. The van der Waals surface area contributed by atoms with Crippen LogP contribution in [0, 0.1) is 39.4 Å². The maximum absolute atomic E-state index is 14.0. The third kappa shape index (κ3) is 3.46. The molecular formula is C30H48O3. The summed E-state index contributed by atoms with van der Waals surface area (Å²) in [5, 5.41) is 21.8. The lowest BCUT2D eigenvalue weighted by molar-refractivity contribution is -0.132. The van der Waals surface area contributed by atoms with E-state index in [0.717, 1.165) is 44.1 Å². The van der Waals surface area contributed by atoms with Gasteiger partial charge in [-0.25, -0.2) is 0 Å². The third-order valence-corrected chi connectivity index (χ3v) is 11.5. The quantitative estimate of drug-likeness (QED) is 0.467. The van der Waals surface area contributed by atoms with Crippen LogP contribution in [-0.2, 0) is 4.79 Å². The minimum absolute atomic E-state index is 0.0274. The van der Waals surface area contributed by atoms with Crippen LogP contribution in [-0.4, -0.2) is 28.2 Å². The molecule has 2 fully saturated rings. The summed E-state index contributed by atoms with van der Waals surface area (Å²) < 4.78 is 0. The molecule has 0 bridgehead atoms. The molecule has 4 aliphatic rings. The molecule has 0 heterocycles. The largest absolute Gasteiger partial charge is 0.393 e. The number of Topliss-reactive ketones (excluding diaryl/α,β-unsaturated/α-hetero) is 1. The molecule has 2 saturated carbocycles. The normalized spacial score (nSPS) is 43.9. The molecule has 186 valence electrons. The Morgan fingerprint density at radius 1 is 1.09 bits per heavy atom. The third-order valence-electron chi connectivity index (χ3n) is 11.5. The maximum atomic E-state index is 14.0.